The van der Waals surface area contributed by atoms with Gasteiger partial charge in [0.2, 0.25) is 0 Å². The average Bonchev–Trinajstić information content (AvgIpc) is 3.69. The summed E-state index contributed by atoms with van der Waals surface area (Å²) in [4.78, 5) is 27.4. The number of alkyl halides is 3. The van der Waals surface area contributed by atoms with Crippen molar-refractivity contribution in [3.63, 3.8) is 0 Å². The third-order valence-electron chi connectivity index (χ3n) is 7.97. The SMILES string of the molecule is O=C(O)C(F)(F)F.c1ccc(CN2CCC(n3ncc4c(N5CCOCC5)nc(-c5cccc6[nH]ccc56)nc43)CC2)cc1. The van der Waals surface area contributed by atoms with Crippen LogP contribution in [-0.2, 0) is 16.1 Å². The molecule has 230 valence electrons. The van der Waals surface area contributed by atoms with Gasteiger partial charge in [-0.05, 0) is 30.5 Å². The molecule has 0 amide bonds. The zero-order chi connectivity index (χ0) is 30.7. The van der Waals surface area contributed by atoms with E-state index < -0.39 is 12.1 Å². The third-order valence-corrected chi connectivity index (χ3v) is 7.97. The van der Waals surface area contributed by atoms with Crippen LogP contribution in [0, 0.1) is 0 Å². The number of morpholine rings is 1. The lowest BCUT2D eigenvalue weighted by Crippen LogP contribution is -2.37. The van der Waals surface area contributed by atoms with E-state index in [0.717, 1.165) is 84.7 Å². The normalized spacial score (nSPS) is 16.7. The van der Waals surface area contributed by atoms with Crippen LogP contribution in [0.3, 0.4) is 0 Å². The molecule has 0 unspecified atom stereocenters. The molecule has 0 spiro atoms. The summed E-state index contributed by atoms with van der Waals surface area (Å²) in [7, 11) is 0. The Bertz CT molecular complexity index is 1720. The first kappa shape index (κ1) is 29.6. The standard InChI is InChI=1S/C29H31N7O.C2HF3O2/c1-2-5-21(6-3-1)20-34-13-10-22(11-14-34)36-29-25(19-31-36)28(35-15-17-37-18-16-35)32-27(33-29)24-7-4-8-26-23(24)9-12-30-26;3-2(4,5)1(6)7/h1-9,12,19,22,30H,10-11,13-18,20H2;(H,6,7). The molecule has 2 saturated heterocycles. The Morgan fingerprint density at radius 1 is 0.955 bits per heavy atom. The zero-order valence-electron chi connectivity index (χ0n) is 23.9. The number of aromatic nitrogens is 5. The molecule has 5 heterocycles. The van der Waals surface area contributed by atoms with Gasteiger partial charge in [0.25, 0.3) is 0 Å². The summed E-state index contributed by atoms with van der Waals surface area (Å²) in [5.74, 6) is -1.04. The van der Waals surface area contributed by atoms with Crippen molar-refractivity contribution in [3.05, 3.63) is 72.6 Å². The molecule has 0 saturated carbocycles. The van der Waals surface area contributed by atoms with E-state index in [2.05, 4.69) is 74.1 Å². The second-order valence-electron chi connectivity index (χ2n) is 10.8. The van der Waals surface area contributed by atoms with Crippen LogP contribution in [0.1, 0.15) is 24.4 Å². The fourth-order valence-corrected chi connectivity index (χ4v) is 5.76. The van der Waals surface area contributed by atoms with E-state index in [0.29, 0.717) is 19.3 Å². The van der Waals surface area contributed by atoms with Crippen molar-refractivity contribution in [2.45, 2.75) is 31.6 Å². The van der Waals surface area contributed by atoms with Gasteiger partial charge >= 0.3 is 12.1 Å². The molecule has 7 rings (SSSR count). The Morgan fingerprint density at radius 3 is 2.39 bits per heavy atom. The van der Waals surface area contributed by atoms with Crippen LogP contribution in [0.15, 0.2) is 67.0 Å². The van der Waals surface area contributed by atoms with E-state index in [9.17, 15) is 13.2 Å². The molecule has 0 atom stereocenters. The van der Waals surface area contributed by atoms with Crippen molar-refractivity contribution in [3.8, 4) is 11.4 Å². The number of H-pyrrole nitrogens is 1. The van der Waals surface area contributed by atoms with Gasteiger partial charge in [0, 0.05) is 55.4 Å². The Kier molecular flexibility index (Phi) is 8.49. The number of carboxylic acids is 1. The third kappa shape index (κ3) is 6.38. The number of benzene rings is 2. The summed E-state index contributed by atoms with van der Waals surface area (Å²) in [6.45, 7) is 6.17. The maximum Gasteiger partial charge on any atom is 0.490 e. The lowest BCUT2D eigenvalue weighted by Gasteiger charge is -2.32. The van der Waals surface area contributed by atoms with Gasteiger partial charge in [0.1, 0.15) is 5.82 Å². The van der Waals surface area contributed by atoms with E-state index in [4.69, 9.17) is 29.7 Å². The molecule has 13 heteroatoms. The highest BCUT2D eigenvalue weighted by Crippen LogP contribution is 2.34. The summed E-state index contributed by atoms with van der Waals surface area (Å²) in [5, 5.41) is 14.2. The predicted molar refractivity (Wildman–Crippen MR) is 159 cm³/mol. The quantitative estimate of drug-likeness (QED) is 0.278. The Labute approximate surface area is 251 Å². The van der Waals surface area contributed by atoms with Crippen LogP contribution in [0.25, 0.3) is 33.3 Å². The van der Waals surface area contributed by atoms with E-state index in [1.807, 2.05) is 12.4 Å². The van der Waals surface area contributed by atoms with Gasteiger partial charge in [-0.1, -0.05) is 42.5 Å². The van der Waals surface area contributed by atoms with E-state index in [-0.39, 0.29) is 0 Å². The smallest absolute Gasteiger partial charge is 0.475 e. The number of aliphatic carboxylic acids is 1. The Balaban J connectivity index is 0.000000441. The number of rotatable bonds is 5. The molecular weight excluding hydrogens is 575 g/mol. The number of halogens is 3. The van der Waals surface area contributed by atoms with Crippen molar-refractivity contribution < 1.29 is 27.8 Å². The highest BCUT2D eigenvalue weighted by Gasteiger charge is 2.38. The highest BCUT2D eigenvalue weighted by atomic mass is 19.4. The number of likely N-dealkylation sites (tertiary alicyclic amines) is 1. The molecular formula is C31H32F3N7O3. The molecule has 2 aliphatic rings. The second kappa shape index (κ2) is 12.6. The number of carboxylic acid groups (broad SMARTS) is 1. The Morgan fingerprint density at radius 2 is 1.68 bits per heavy atom. The van der Waals surface area contributed by atoms with Gasteiger partial charge < -0.3 is 19.7 Å². The van der Waals surface area contributed by atoms with E-state index in [1.54, 1.807) is 0 Å². The number of nitrogens with zero attached hydrogens (tertiary/aromatic N) is 6. The fraction of sp³-hybridized carbons (Fsp3) is 0.355. The molecule has 2 aromatic carbocycles. The van der Waals surface area contributed by atoms with Crippen molar-refractivity contribution in [2.24, 2.45) is 0 Å². The predicted octanol–water partition coefficient (Wildman–Crippen LogP) is 5.28. The van der Waals surface area contributed by atoms with E-state index >= 15 is 0 Å². The van der Waals surface area contributed by atoms with Gasteiger partial charge in [-0.2, -0.15) is 18.3 Å². The van der Waals surface area contributed by atoms with Crippen LogP contribution in [-0.4, -0.2) is 86.3 Å². The topological polar surface area (TPSA) is 112 Å². The largest absolute Gasteiger partial charge is 0.490 e. The maximum absolute atomic E-state index is 10.6. The number of piperidine rings is 1. The molecule has 0 bridgehead atoms. The molecule has 2 aliphatic heterocycles. The number of hydrogen-bond acceptors (Lipinski definition) is 7. The number of fused-ring (bicyclic) bond motifs is 2. The molecule has 3 aromatic heterocycles. The molecule has 44 heavy (non-hydrogen) atoms. The minimum atomic E-state index is -5.08. The van der Waals surface area contributed by atoms with Crippen molar-refractivity contribution in [2.75, 3.05) is 44.3 Å². The molecule has 5 aromatic rings. The lowest BCUT2D eigenvalue weighted by atomic mass is 10.0. The van der Waals surface area contributed by atoms with Crippen molar-refractivity contribution in [1.29, 1.82) is 0 Å². The first-order valence-corrected chi connectivity index (χ1v) is 14.5. The number of nitrogens with one attached hydrogen (secondary N) is 1. The minimum Gasteiger partial charge on any atom is -0.475 e. The number of aromatic amines is 1. The minimum absolute atomic E-state index is 0.327. The zero-order valence-corrected chi connectivity index (χ0v) is 23.9. The summed E-state index contributed by atoms with van der Waals surface area (Å²) in [5.41, 5.74) is 4.44. The van der Waals surface area contributed by atoms with Crippen LogP contribution in [0.2, 0.25) is 0 Å². The summed E-state index contributed by atoms with van der Waals surface area (Å²) in [6.07, 6.45) is 0.979. The van der Waals surface area contributed by atoms with Gasteiger partial charge in [0.05, 0.1) is 30.8 Å². The average molecular weight is 608 g/mol. The van der Waals surface area contributed by atoms with Crippen molar-refractivity contribution >= 4 is 33.7 Å². The van der Waals surface area contributed by atoms with Gasteiger partial charge in [-0.3, -0.25) is 4.90 Å². The fourth-order valence-electron chi connectivity index (χ4n) is 5.76. The van der Waals surface area contributed by atoms with Crippen LogP contribution < -0.4 is 4.90 Å². The molecule has 2 N–H and O–H groups in total. The number of hydrogen-bond donors (Lipinski definition) is 2. The Hall–Kier alpha value is -4.49. The van der Waals surface area contributed by atoms with E-state index in [1.165, 1.54) is 5.56 Å². The van der Waals surface area contributed by atoms with Crippen molar-refractivity contribution in [1.82, 2.24) is 29.6 Å². The molecule has 10 nitrogen and oxygen atoms in total. The first-order chi connectivity index (χ1) is 21.3. The van der Waals surface area contributed by atoms with Crippen LogP contribution in [0.4, 0.5) is 19.0 Å². The first-order valence-electron chi connectivity index (χ1n) is 14.5. The maximum atomic E-state index is 10.6. The summed E-state index contributed by atoms with van der Waals surface area (Å²) in [6, 6.07) is 19.4. The lowest BCUT2D eigenvalue weighted by molar-refractivity contribution is -0.192. The highest BCUT2D eigenvalue weighted by molar-refractivity contribution is 5.96. The number of ether oxygens (including phenoxy) is 1. The number of anilines is 1. The van der Waals surface area contributed by atoms with Crippen LogP contribution >= 0.6 is 0 Å². The van der Waals surface area contributed by atoms with Gasteiger partial charge in [-0.15, -0.1) is 0 Å². The van der Waals surface area contributed by atoms with Crippen LogP contribution in [0.5, 0.6) is 0 Å². The summed E-state index contributed by atoms with van der Waals surface area (Å²) >= 11 is 0. The summed E-state index contributed by atoms with van der Waals surface area (Å²) < 4.78 is 39.5. The second-order valence-corrected chi connectivity index (χ2v) is 10.8. The molecule has 0 aliphatic carbocycles. The van der Waals surface area contributed by atoms with Gasteiger partial charge in [0.15, 0.2) is 11.5 Å². The monoisotopic (exact) mass is 607 g/mol. The molecule has 2 fully saturated rings. The molecule has 0 radical (unpaired) electrons. The van der Waals surface area contributed by atoms with Gasteiger partial charge in [-0.25, -0.2) is 19.4 Å². The number of carbonyl (C=O) groups is 1.